The maximum Gasteiger partial charge on any atom is 0.416 e. The Morgan fingerprint density at radius 2 is 1.71 bits per heavy atom. The Balaban J connectivity index is 1.21. The van der Waals surface area contributed by atoms with Crippen LogP contribution in [0.2, 0.25) is 5.02 Å². The average Bonchev–Trinajstić information content (AvgIpc) is 3.07. The summed E-state index contributed by atoms with van der Waals surface area (Å²) in [4.78, 5) is 40.6. The molecule has 1 aliphatic heterocycles. The van der Waals surface area contributed by atoms with Gasteiger partial charge in [-0.15, -0.1) is 0 Å². The van der Waals surface area contributed by atoms with E-state index in [-0.39, 0.29) is 22.6 Å². The molecular formula is C38H34ClF3N2O4. The zero-order valence-electron chi connectivity index (χ0n) is 26.1. The normalized spacial score (nSPS) is 17.5. The number of fused-ring (bicyclic) bond motifs is 1. The maximum absolute atomic E-state index is 13.4. The third kappa shape index (κ3) is 7.90. The number of hydrogen-bond donors (Lipinski definition) is 1. The second-order valence-corrected chi connectivity index (χ2v) is 12.8. The van der Waals surface area contributed by atoms with Crippen LogP contribution in [0.4, 0.5) is 13.2 Å². The molecule has 0 spiro atoms. The number of carbonyl (C=O) groups excluding carboxylic acids is 2. The SMILES string of the molecule is O=C(N/C(C=C1CCC(c2ccccc2CN2CCCCC2=O)CC1)=C\c1ccc(Cl)cc1)c1cc(=O)c2cc(C(F)(F)F)ccc2o1. The second kappa shape index (κ2) is 14.2. The molecule has 2 fully saturated rings. The van der Waals surface area contributed by atoms with Crippen LogP contribution in [0.25, 0.3) is 17.0 Å². The molecule has 1 aromatic heterocycles. The first-order valence-corrected chi connectivity index (χ1v) is 16.4. The van der Waals surface area contributed by atoms with Gasteiger partial charge in [0.05, 0.1) is 10.9 Å². The number of likely N-dealkylation sites (tertiary alicyclic amines) is 1. The molecule has 2 aliphatic rings. The van der Waals surface area contributed by atoms with Gasteiger partial charge >= 0.3 is 6.18 Å². The van der Waals surface area contributed by atoms with Gasteiger partial charge in [0.1, 0.15) is 5.58 Å². The topological polar surface area (TPSA) is 79.6 Å². The number of piperidine rings is 1. The van der Waals surface area contributed by atoms with Gasteiger partial charge in [0, 0.05) is 36.3 Å². The van der Waals surface area contributed by atoms with E-state index in [4.69, 9.17) is 16.0 Å². The van der Waals surface area contributed by atoms with Gasteiger partial charge in [-0.2, -0.15) is 13.2 Å². The highest BCUT2D eigenvalue weighted by Gasteiger charge is 2.31. The van der Waals surface area contributed by atoms with Gasteiger partial charge in [0.2, 0.25) is 5.91 Å². The largest absolute Gasteiger partial charge is 0.451 e. The molecule has 0 unspecified atom stereocenters. The number of amides is 2. The summed E-state index contributed by atoms with van der Waals surface area (Å²) in [6.07, 6.45) is 5.07. The van der Waals surface area contributed by atoms with E-state index in [2.05, 4.69) is 17.4 Å². The number of halogens is 4. The Morgan fingerprint density at radius 1 is 0.958 bits per heavy atom. The molecule has 248 valence electrons. The van der Waals surface area contributed by atoms with Gasteiger partial charge in [0.15, 0.2) is 11.2 Å². The minimum atomic E-state index is -4.62. The standard InChI is InChI=1S/C38H34ClF3N2O4/c39-29-15-10-25(11-16-29)20-30(43-37(47)35-22-33(45)32-21-28(38(40,41)42)14-17-34(32)48-35)19-24-8-12-26(13-9-24)31-6-2-1-5-27(31)23-44-18-4-3-7-36(44)46/h1-2,5-6,10-11,14-17,19-22,26H,3-4,7-9,12-13,18,23H2,(H,43,47)/b24-19?,30-20-. The Kier molecular flexibility index (Phi) is 9.87. The van der Waals surface area contributed by atoms with Crippen LogP contribution >= 0.6 is 11.6 Å². The zero-order valence-corrected chi connectivity index (χ0v) is 26.9. The molecule has 48 heavy (non-hydrogen) atoms. The van der Waals surface area contributed by atoms with Gasteiger partial charge in [-0.05, 0) is 104 Å². The summed E-state index contributed by atoms with van der Waals surface area (Å²) in [7, 11) is 0. The molecule has 0 radical (unpaired) electrons. The number of alkyl halides is 3. The molecule has 1 N–H and O–H groups in total. The van der Waals surface area contributed by atoms with E-state index in [1.807, 2.05) is 35.2 Å². The van der Waals surface area contributed by atoms with Crippen molar-refractivity contribution >= 4 is 40.5 Å². The zero-order chi connectivity index (χ0) is 33.8. The lowest BCUT2D eigenvalue weighted by Gasteiger charge is -2.30. The molecule has 0 bridgehead atoms. The van der Waals surface area contributed by atoms with E-state index < -0.39 is 23.1 Å². The minimum Gasteiger partial charge on any atom is -0.451 e. The molecule has 10 heteroatoms. The van der Waals surface area contributed by atoms with Crippen molar-refractivity contribution < 1.29 is 27.2 Å². The summed E-state index contributed by atoms with van der Waals surface area (Å²) >= 11 is 6.08. The van der Waals surface area contributed by atoms with Crippen molar-refractivity contribution in [2.45, 2.75) is 63.6 Å². The van der Waals surface area contributed by atoms with Gasteiger partial charge < -0.3 is 14.6 Å². The van der Waals surface area contributed by atoms with Crippen molar-refractivity contribution in [2.24, 2.45) is 0 Å². The van der Waals surface area contributed by atoms with Crippen molar-refractivity contribution in [1.82, 2.24) is 10.2 Å². The predicted molar refractivity (Wildman–Crippen MR) is 179 cm³/mol. The minimum absolute atomic E-state index is 0.120. The summed E-state index contributed by atoms with van der Waals surface area (Å²) in [6, 6.07) is 18.9. The predicted octanol–water partition coefficient (Wildman–Crippen LogP) is 9.03. The van der Waals surface area contributed by atoms with E-state index in [1.54, 1.807) is 18.2 Å². The first-order chi connectivity index (χ1) is 23.0. The summed E-state index contributed by atoms with van der Waals surface area (Å²) in [5, 5.41) is 3.13. The van der Waals surface area contributed by atoms with Crippen LogP contribution in [0.5, 0.6) is 0 Å². The highest BCUT2D eigenvalue weighted by atomic mass is 35.5. The van der Waals surface area contributed by atoms with Crippen LogP contribution in [0.3, 0.4) is 0 Å². The number of rotatable bonds is 7. The van der Waals surface area contributed by atoms with E-state index in [1.165, 1.54) is 11.1 Å². The fourth-order valence-electron chi connectivity index (χ4n) is 6.46. The van der Waals surface area contributed by atoms with Crippen LogP contribution in [-0.4, -0.2) is 23.3 Å². The van der Waals surface area contributed by atoms with Gasteiger partial charge in [-0.1, -0.05) is 53.6 Å². The Bertz CT molecular complexity index is 1950. The molecule has 2 heterocycles. The van der Waals surface area contributed by atoms with Crippen LogP contribution in [-0.2, 0) is 17.5 Å². The average molecular weight is 675 g/mol. The van der Waals surface area contributed by atoms with E-state index >= 15 is 0 Å². The lowest BCUT2D eigenvalue weighted by molar-refractivity contribution is -0.137. The van der Waals surface area contributed by atoms with Gasteiger partial charge in [-0.25, -0.2) is 0 Å². The van der Waals surface area contributed by atoms with Crippen LogP contribution in [0.15, 0.2) is 99.4 Å². The summed E-state index contributed by atoms with van der Waals surface area (Å²) in [5.41, 5.74) is 2.99. The van der Waals surface area contributed by atoms with Crippen molar-refractivity contribution in [3.8, 4) is 0 Å². The summed E-state index contributed by atoms with van der Waals surface area (Å²) in [6.45, 7) is 1.42. The monoisotopic (exact) mass is 674 g/mol. The third-order valence-corrected chi connectivity index (χ3v) is 9.25. The van der Waals surface area contributed by atoms with Crippen LogP contribution in [0, 0.1) is 0 Å². The van der Waals surface area contributed by atoms with Crippen molar-refractivity contribution in [1.29, 1.82) is 0 Å². The maximum atomic E-state index is 13.4. The fraction of sp³-hybridized carbons (Fsp3) is 0.289. The van der Waals surface area contributed by atoms with Crippen molar-refractivity contribution in [3.05, 3.63) is 133 Å². The lowest BCUT2D eigenvalue weighted by Crippen LogP contribution is -2.35. The summed E-state index contributed by atoms with van der Waals surface area (Å²) in [5.74, 6) is -0.479. The Hall–Kier alpha value is -4.63. The molecule has 6 rings (SSSR count). The summed E-state index contributed by atoms with van der Waals surface area (Å²) < 4.78 is 45.2. The molecule has 3 aromatic carbocycles. The quantitative estimate of drug-likeness (QED) is 0.212. The number of benzene rings is 3. The van der Waals surface area contributed by atoms with E-state index in [0.29, 0.717) is 29.6 Å². The number of nitrogens with zero attached hydrogens (tertiary/aromatic N) is 1. The fourth-order valence-corrected chi connectivity index (χ4v) is 6.59. The molecule has 1 saturated carbocycles. The number of hydrogen-bond acceptors (Lipinski definition) is 4. The third-order valence-electron chi connectivity index (χ3n) is 8.99. The molecule has 1 aliphatic carbocycles. The first-order valence-electron chi connectivity index (χ1n) is 16.0. The number of carbonyl (C=O) groups is 2. The molecular weight excluding hydrogens is 641 g/mol. The van der Waals surface area contributed by atoms with Crippen molar-refractivity contribution in [3.63, 3.8) is 0 Å². The number of nitrogens with one attached hydrogen (secondary N) is 1. The Labute approximate surface area is 280 Å². The smallest absolute Gasteiger partial charge is 0.416 e. The molecule has 4 aromatic rings. The lowest BCUT2D eigenvalue weighted by atomic mass is 9.79. The highest BCUT2D eigenvalue weighted by molar-refractivity contribution is 6.30. The molecule has 2 amide bonds. The first kappa shape index (κ1) is 33.3. The number of allylic oxidation sites excluding steroid dienone is 2. The van der Waals surface area contributed by atoms with Crippen LogP contribution in [0.1, 0.15) is 83.7 Å². The van der Waals surface area contributed by atoms with Crippen molar-refractivity contribution in [2.75, 3.05) is 6.54 Å². The van der Waals surface area contributed by atoms with Gasteiger partial charge in [0.25, 0.3) is 5.91 Å². The van der Waals surface area contributed by atoms with E-state index in [9.17, 15) is 27.6 Å². The van der Waals surface area contributed by atoms with E-state index in [0.717, 1.165) is 80.5 Å². The Morgan fingerprint density at radius 3 is 2.44 bits per heavy atom. The highest BCUT2D eigenvalue weighted by Crippen LogP contribution is 2.38. The molecule has 6 nitrogen and oxygen atoms in total. The molecule has 1 saturated heterocycles. The molecule has 0 atom stereocenters. The second-order valence-electron chi connectivity index (χ2n) is 12.3. The van der Waals surface area contributed by atoms with Crippen LogP contribution < -0.4 is 10.7 Å². The van der Waals surface area contributed by atoms with Gasteiger partial charge in [-0.3, -0.25) is 14.4 Å².